The zero-order valence-electron chi connectivity index (χ0n) is 18.7. The molecule has 1 heterocycles. The van der Waals surface area contributed by atoms with E-state index in [4.69, 9.17) is 5.73 Å². The number of amides is 3. The summed E-state index contributed by atoms with van der Waals surface area (Å²) in [6.45, 7) is 3.22. The highest BCUT2D eigenvalue weighted by Gasteiger charge is 2.38. The molecule has 0 fully saturated rings. The number of halogens is 1. The number of carbonyl (C=O) groups excluding carboxylic acids is 3. The first-order valence-electron chi connectivity index (χ1n) is 10.8. The highest BCUT2D eigenvalue weighted by Crippen LogP contribution is 2.44. The lowest BCUT2D eigenvalue weighted by atomic mass is 9.92. The topological polar surface area (TPSA) is 113 Å². The first kappa shape index (κ1) is 23.7. The van der Waals surface area contributed by atoms with Gasteiger partial charge in [0.1, 0.15) is 6.04 Å². The van der Waals surface area contributed by atoms with Crippen molar-refractivity contribution < 1.29 is 19.5 Å². The molecule has 1 aliphatic heterocycles. The van der Waals surface area contributed by atoms with Gasteiger partial charge in [0.15, 0.2) is 6.10 Å². The van der Waals surface area contributed by atoms with E-state index in [0.717, 1.165) is 20.5 Å². The van der Waals surface area contributed by atoms with Gasteiger partial charge in [0.05, 0.1) is 11.6 Å². The Morgan fingerprint density at radius 1 is 1.06 bits per heavy atom. The Hall–Kier alpha value is -3.49. The van der Waals surface area contributed by atoms with Gasteiger partial charge in [-0.05, 0) is 54.8 Å². The molecule has 174 valence electrons. The molecule has 7 nitrogen and oxygen atoms in total. The van der Waals surface area contributed by atoms with Gasteiger partial charge in [0.2, 0.25) is 5.91 Å². The Balaban J connectivity index is 1.66. The molecule has 1 aliphatic rings. The maximum atomic E-state index is 13.5. The van der Waals surface area contributed by atoms with Crippen LogP contribution >= 0.6 is 15.9 Å². The molecule has 0 aliphatic carbocycles. The van der Waals surface area contributed by atoms with E-state index in [0.29, 0.717) is 22.5 Å². The lowest BCUT2D eigenvalue weighted by Gasteiger charge is -2.27. The number of nitrogens with zero attached hydrogens (tertiary/aromatic N) is 1. The number of imide groups is 1. The van der Waals surface area contributed by atoms with E-state index in [1.165, 1.54) is 6.92 Å². The number of carbonyl (C=O) groups is 3. The van der Waals surface area contributed by atoms with Crippen LogP contribution in [0.2, 0.25) is 0 Å². The standard InChI is InChI=1S/C26H24BrN3O4/c1-14-18-6-3-4-7-19(18)22-20(28)8-5-9-21(22)30(25(14)33)26(34)15(2)29-24(32)23(31)16-10-12-17(27)13-11-16/h3-15,23,31H,28H2,1-2H3,(H,29,32)/t14?,15-,23?/m0/s1. The predicted octanol–water partition coefficient (Wildman–Crippen LogP) is 3.91. The summed E-state index contributed by atoms with van der Waals surface area (Å²) in [5.41, 5.74) is 9.63. The quantitative estimate of drug-likeness (QED) is 0.450. The van der Waals surface area contributed by atoms with E-state index < -0.39 is 35.8 Å². The maximum absolute atomic E-state index is 13.5. The molecular weight excluding hydrogens is 498 g/mol. The molecule has 8 heteroatoms. The second-order valence-corrected chi connectivity index (χ2v) is 9.16. The lowest BCUT2D eigenvalue weighted by Crippen LogP contribution is -2.51. The highest BCUT2D eigenvalue weighted by molar-refractivity contribution is 9.10. The molecule has 34 heavy (non-hydrogen) atoms. The molecule has 3 atom stereocenters. The lowest BCUT2D eigenvalue weighted by molar-refractivity contribution is -0.134. The molecule has 3 aromatic rings. The van der Waals surface area contributed by atoms with Crippen molar-refractivity contribution in [2.45, 2.75) is 31.9 Å². The monoisotopic (exact) mass is 521 g/mol. The van der Waals surface area contributed by atoms with Crippen molar-refractivity contribution in [3.8, 4) is 11.1 Å². The second kappa shape index (κ2) is 9.40. The smallest absolute Gasteiger partial charge is 0.256 e. The summed E-state index contributed by atoms with van der Waals surface area (Å²) < 4.78 is 0.806. The van der Waals surface area contributed by atoms with E-state index in [9.17, 15) is 19.5 Å². The van der Waals surface area contributed by atoms with Crippen LogP contribution in [0, 0.1) is 0 Å². The molecule has 0 saturated heterocycles. The molecule has 3 amide bonds. The van der Waals surface area contributed by atoms with Gasteiger partial charge in [-0.2, -0.15) is 0 Å². The number of nitrogen functional groups attached to an aromatic ring is 1. The number of hydrogen-bond donors (Lipinski definition) is 3. The Morgan fingerprint density at radius 2 is 1.74 bits per heavy atom. The summed E-state index contributed by atoms with van der Waals surface area (Å²) in [6, 6.07) is 18.0. The fourth-order valence-corrected chi connectivity index (χ4v) is 4.42. The summed E-state index contributed by atoms with van der Waals surface area (Å²) in [6.07, 6.45) is -1.46. The number of anilines is 2. The van der Waals surface area contributed by atoms with Gasteiger partial charge < -0.3 is 16.2 Å². The summed E-state index contributed by atoms with van der Waals surface area (Å²) in [4.78, 5) is 40.8. The number of hydrogen-bond acceptors (Lipinski definition) is 5. The molecular formula is C26H24BrN3O4. The Labute approximate surface area is 205 Å². The SMILES string of the molecule is CC1C(=O)N(C(=O)[C@H](C)NC(=O)C(O)c2ccc(Br)cc2)c2cccc(N)c2-c2ccccc21. The van der Waals surface area contributed by atoms with Crippen molar-refractivity contribution in [3.63, 3.8) is 0 Å². The normalized spacial score (nSPS) is 16.6. The second-order valence-electron chi connectivity index (χ2n) is 8.25. The highest BCUT2D eigenvalue weighted by atomic mass is 79.9. The number of nitrogens with two attached hydrogens (primary N) is 1. The fraction of sp³-hybridized carbons (Fsp3) is 0.192. The van der Waals surface area contributed by atoms with Gasteiger partial charge >= 0.3 is 0 Å². The minimum Gasteiger partial charge on any atom is -0.398 e. The van der Waals surface area contributed by atoms with E-state index >= 15 is 0 Å². The fourth-order valence-electron chi connectivity index (χ4n) is 4.16. The summed E-state index contributed by atoms with van der Waals surface area (Å²) >= 11 is 3.31. The third-order valence-corrected chi connectivity index (χ3v) is 6.52. The number of benzene rings is 3. The van der Waals surface area contributed by atoms with Gasteiger partial charge in [-0.1, -0.05) is 58.4 Å². The molecule has 3 aromatic carbocycles. The van der Waals surface area contributed by atoms with Gasteiger partial charge in [-0.25, -0.2) is 4.90 Å². The number of rotatable bonds is 4. The Morgan fingerprint density at radius 3 is 2.44 bits per heavy atom. The van der Waals surface area contributed by atoms with Crippen molar-refractivity contribution in [1.82, 2.24) is 5.32 Å². The molecule has 4 N–H and O–H groups in total. The third kappa shape index (κ3) is 4.22. The minimum atomic E-state index is -1.46. The largest absolute Gasteiger partial charge is 0.398 e. The van der Waals surface area contributed by atoms with E-state index in [1.54, 1.807) is 49.4 Å². The van der Waals surface area contributed by atoms with Crippen LogP contribution in [0.4, 0.5) is 11.4 Å². The van der Waals surface area contributed by atoms with Crippen LogP contribution in [0.25, 0.3) is 11.1 Å². The first-order valence-corrected chi connectivity index (χ1v) is 11.6. The van der Waals surface area contributed by atoms with Crippen molar-refractivity contribution in [2.75, 3.05) is 10.6 Å². The van der Waals surface area contributed by atoms with Crippen LogP contribution in [-0.4, -0.2) is 28.9 Å². The van der Waals surface area contributed by atoms with Gasteiger partial charge in [0.25, 0.3) is 11.8 Å². The van der Waals surface area contributed by atoms with Crippen LogP contribution in [-0.2, 0) is 14.4 Å². The molecule has 0 spiro atoms. The molecule has 2 unspecified atom stereocenters. The third-order valence-electron chi connectivity index (χ3n) is 5.99. The van der Waals surface area contributed by atoms with E-state index in [1.807, 2.05) is 24.3 Å². The molecule has 0 radical (unpaired) electrons. The average Bonchev–Trinajstić information content (AvgIpc) is 2.92. The van der Waals surface area contributed by atoms with Gasteiger partial charge in [0, 0.05) is 15.7 Å². The van der Waals surface area contributed by atoms with Crippen LogP contribution < -0.4 is 16.0 Å². The minimum absolute atomic E-state index is 0.362. The van der Waals surface area contributed by atoms with Gasteiger partial charge in [-0.15, -0.1) is 0 Å². The maximum Gasteiger partial charge on any atom is 0.256 e. The van der Waals surface area contributed by atoms with Crippen molar-refractivity contribution in [3.05, 3.63) is 82.3 Å². The number of nitrogens with one attached hydrogen (secondary N) is 1. The first-order chi connectivity index (χ1) is 16.2. The number of aliphatic hydroxyl groups excluding tert-OH is 1. The summed E-state index contributed by atoms with van der Waals surface area (Å²) in [5.74, 6) is -2.39. The average molecular weight is 522 g/mol. The van der Waals surface area contributed by atoms with Crippen molar-refractivity contribution >= 4 is 45.0 Å². The Bertz CT molecular complexity index is 1280. The number of aliphatic hydroxyl groups is 1. The zero-order chi connectivity index (χ0) is 24.6. The van der Waals surface area contributed by atoms with E-state index in [-0.39, 0.29) is 0 Å². The van der Waals surface area contributed by atoms with Crippen LogP contribution in [0.3, 0.4) is 0 Å². The van der Waals surface area contributed by atoms with Gasteiger partial charge in [-0.3, -0.25) is 14.4 Å². The van der Waals surface area contributed by atoms with Crippen LogP contribution in [0.1, 0.15) is 37.0 Å². The van der Waals surface area contributed by atoms with Crippen molar-refractivity contribution in [2.24, 2.45) is 0 Å². The van der Waals surface area contributed by atoms with Crippen molar-refractivity contribution in [1.29, 1.82) is 0 Å². The molecule has 0 saturated carbocycles. The van der Waals surface area contributed by atoms with Crippen LogP contribution in [0.15, 0.2) is 71.2 Å². The zero-order valence-corrected chi connectivity index (χ0v) is 20.2. The van der Waals surface area contributed by atoms with Crippen LogP contribution in [0.5, 0.6) is 0 Å². The predicted molar refractivity (Wildman–Crippen MR) is 134 cm³/mol. The molecule has 4 rings (SSSR count). The molecule has 0 bridgehead atoms. The summed E-state index contributed by atoms with van der Waals surface area (Å²) in [7, 11) is 0. The van der Waals surface area contributed by atoms with E-state index in [2.05, 4.69) is 21.2 Å². The Kier molecular flexibility index (Phi) is 6.54. The molecule has 0 aromatic heterocycles. The summed E-state index contributed by atoms with van der Waals surface area (Å²) in [5, 5.41) is 13.0. The number of fused-ring (bicyclic) bond motifs is 3.